The molecule has 0 saturated carbocycles. The van der Waals surface area contributed by atoms with Crippen LogP contribution in [0, 0.1) is 6.92 Å². The quantitative estimate of drug-likeness (QED) is 0.593. The highest BCUT2D eigenvalue weighted by Gasteiger charge is 2.24. The molecule has 0 amide bonds. The van der Waals surface area contributed by atoms with Crippen molar-refractivity contribution in [2.45, 2.75) is 13.8 Å². The fourth-order valence-corrected chi connectivity index (χ4v) is 3.05. The van der Waals surface area contributed by atoms with Crippen molar-refractivity contribution >= 4 is 11.9 Å². The number of carbonyl (C=O) groups is 1. The lowest BCUT2D eigenvalue weighted by Crippen LogP contribution is -2.10. The van der Waals surface area contributed by atoms with Gasteiger partial charge in [0, 0.05) is 16.7 Å². The van der Waals surface area contributed by atoms with Crippen molar-refractivity contribution in [3.63, 3.8) is 0 Å². The molecule has 2 aromatic rings. The molecule has 3 heteroatoms. The molecule has 0 aromatic heterocycles. The lowest BCUT2D eigenvalue weighted by atomic mass is 9.87. The molecule has 0 atom stereocenters. The van der Waals surface area contributed by atoms with E-state index < -0.39 is 0 Å². The number of para-hydroxylation sites is 1. The molecule has 0 radical (unpaired) electrons. The Hall–Kier alpha value is -3.07. The van der Waals surface area contributed by atoms with Gasteiger partial charge in [-0.25, -0.2) is 0 Å². The van der Waals surface area contributed by atoms with Crippen molar-refractivity contribution in [3.05, 3.63) is 88.7 Å². The highest BCUT2D eigenvalue weighted by molar-refractivity contribution is 5.91. The Balaban J connectivity index is 2.34. The first-order chi connectivity index (χ1) is 12.2. The molecular formula is C22H20O3. The summed E-state index contributed by atoms with van der Waals surface area (Å²) < 4.78 is 11.4. The van der Waals surface area contributed by atoms with Crippen LogP contribution in [0.3, 0.4) is 0 Å². The fraction of sp³-hybridized carbons (Fsp3) is 0.136. The van der Waals surface area contributed by atoms with Gasteiger partial charge in [-0.3, -0.25) is 4.79 Å². The van der Waals surface area contributed by atoms with Gasteiger partial charge in [-0.15, -0.1) is 0 Å². The fourth-order valence-electron chi connectivity index (χ4n) is 3.05. The second-order valence-corrected chi connectivity index (χ2v) is 5.72. The summed E-state index contributed by atoms with van der Waals surface area (Å²) in [6.07, 6.45) is 5.99. The number of rotatable bonds is 4. The lowest BCUT2D eigenvalue weighted by molar-refractivity contribution is -0.104. The van der Waals surface area contributed by atoms with E-state index >= 15 is 0 Å². The summed E-state index contributed by atoms with van der Waals surface area (Å²) in [6, 6.07) is 13.9. The third-order valence-electron chi connectivity index (χ3n) is 4.22. The molecule has 3 nitrogen and oxygen atoms in total. The van der Waals surface area contributed by atoms with E-state index in [1.807, 2.05) is 55.5 Å². The number of aldehydes is 1. The molecule has 2 aromatic carbocycles. The molecule has 0 fully saturated rings. The molecule has 0 unspecified atom stereocenters. The number of hydrogen-bond acceptors (Lipinski definition) is 3. The molecular weight excluding hydrogens is 312 g/mol. The second-order valence-electron chi connectivity index (χ2n) is 5.72. The summed E-state index contributed by atoms with van der Waals surface area (Å²) in [6.45, 7) is 3.98. The third kappa shape index (κ3) is 3.13. The van der Waals surface area contributed by atoms with Gasteiger partial charge in [0.25, 0.3) is 0 Å². The van der Waals surface area contributed by atoms with Gasteiger partial charge in [0.05, 0.1) is 7.11 Å². The molecule has 0 spiro atoms. The number of ether oxygens (including phenoxy) is 2. The number of carbonyl (C=O) groups excluding carboxylic acids is 1. The van der Waals surface area contributed by atoms with Gasteiger partial charge in [-0.1, -0.05) is 24.3 Å². The van der Waals surface area contributed by atoms with Gasteiger partial charge in [0.2, 0.25) is 0 Å². The minimum absolute atomic E-state index is 0.738. The molecule has 0 N–H and O–H groups in total. The maximum atomic E-state index is 10.9. The van der Waals surface area contributed by atoms with Gasteiger partial charge in [-0.05, 0) is 61.4 Å². The van der Waals surface area contributed by atoms with Crippen LogP contribution < -0.4 is 9.47 Å². The van der Waals surface area contributed by atoms with E-state index in [1.54, 1.807) is 13.2 Å². The smallest absolute Gasteiger partial charge is 0.142 e. The van der Waals surface area contributed by atoms with Crippen molar-refractivity contribution in [1.29, 1.82) is 0 Å². The molecule has 0 aliphatic carbocycles. The largest absolute Gasteiger partial charge is 0.497 e. The average Bonchev–Trinajstić information content (AvgIpc) is 2.65. The Morgan fingerprint density at radius 2 is 1.88 bits per heavy atom. The van der Waals surface area contributed by atoms with Crippen LogP contribution in [0.25, 0.3) is 5.57 Å². The zero-order valence-electron chi connectivity index (χ0n) is 14.6. The van der Waals surface area contributed by atoms with E-state index in [4.69, 9.17) is 9.47 Å². The number of aryl methyl sites for hydroxylation is 1. The monoisotopic (exact) mass is 332 g/mol. The topological polar surface area (TPSA) is 35.5 Å². The number of fused-ring (bicyclic) bond motifs is 1. The predicted octanol–water partition coefficient (Wildman–Crippen LogP) is 4.86. The van der Waals surface area contributed by atoms with Crippen LogP contribution in [0.4, 0.5) is 0 Å². The number of benzene rings is 2. The van der Waals surface area contributed by atoms with Gasteiger partial charge in [-0.2, -0.15) is 0 Å². The van der Waals surface area contributed by atoms with Crippen LogP contribution in [0.15, 0.2) is 72.0 Å². The SMILES string of the molecule is C/C=C1/Oc2ccccc2C(c2ccc(OC)cc2C)=C1/C=C\C=O. The zero-order valence-corrected chi connectivity index (χ0v) is 14.6. The van der Waals surface area contributed by atoms with Crippen molar-refractivity contribution in [3.8, 4) is 11.5 Å². The first-order valence-corrected chi connectivity index (χ1v) is 8.14. The molecule has 126 valence electrons. The van der Waals surface area contributed by atoms with E-state index in [-0.39, 0.29) is 0 Å². The van der Waals surface area contributed by atoms with E-state index in [0.717, 1.165) is 51.4 Å². The minimum atomic E-state index is 0.738. The first kappa shape index (κ1) is 16.8. The Morgan fingerprint density at radius 1 is 1.08 bits per heavy atom. The average molecular weight is 332 g/mol. The molecule has 1 aliphatic heterocycles. The van der Waals surface area contributed by atoms with Crippen LogP contribution in [0.2, 0.25) is 0 Å². The molecule has 0 saturated heterocycles. The lowest BCUT2D eigenvalue weighted by Gasteiger charge is -2.26. The summed E-state index contributed by atoms with van der Waals surface area (Å²) in [5.41, 5.74) is 5.13. The Morgan fingerprint density at radius 3 is 2.56 bits per heavy atom. The number of hydrogen-bond donors (Lipinski definition) is 0. The van der Waals surface area contributed by atoms with E-state index in [2.05, 4.69) is 6.92 Å². The summed E-state index contributed by atoms with van der Waals surface area (Å²) in [5.74, 6) is 2.37. The van der Waals surface area contributed by atoms with E-state index in [1.165, 1.54) is 6.08 Å². The standard InChI is InChI=1S/C22H20O3/c1-4-20-18(9-7-13-23)22(19-8-5-6-10-21(19)25-20)17-12-11-16(24-3)14-15(17)2/h4-14H,1-3H3/b9-7-,20-4+. The molecule has 0 bridgehead atoms. The Labute approximate surface area is 147 Å². The van der Waals surface area contributed by atoms with Gasteiger partial charge in [0.1, 0.15) is 23.5 Å². The van der Waals surface area contributed by atoms with Crippen LogP contribution in [0.1, 0.15) is 23.6 Å². The van der Waals surface area contributed by atoms with Crippen molar-refractivity contribution in [2.75, 3.05) is 7.11 Å². The van der Waals surface area contributed by atoms with Crippen LogP contribution >= 0.6 is 0 Å². The Kier molecular flexibility index (Phi) is 4.85. The third-order valence-corrected chi connectivity index (χ3v) is 4.22. The van der Waals surface area contributed by atoms with Gasteiger partial charge in [0.15, 0.2) is 0 Å². The van der Waals surface area contributed by atoms with Crippen LogP contribution in [0.5, 0.6) is 11.5 Å². The number of allylic oxidation sites excluding steroid dienone is 3. The number of methoxy groups -OCH3 is 1. The predicted molar refractivity (Wildman–Crippen MR) is 99.8 cm³/mol. The van der Waals surface area contributed by atoms with Crippen molar-refractivity contribution < 1.29 is 14.3 Å². The van der Waals surface area contributed by atoms with Gasteiger partial charge >= 0.3 is 0 Å². The summed E-state index contributed by atoms with van der Waals surface area (Å²) >= 11 is 0. The highest BCUT2D eigenvalue weighted by atomic mass is 16.5. The van der Waals surface area contributed by atoms with E-state index in [0.29, 0.717) is 0 Å². The first-order valence-electron chi connectivity index (χ1n) is 8.14. The highest BCUT2D eigenvalue weighted by Crippen LogP contribution is 2.42. The van der Waals surface area contributed by atoms with Crippen LogP contribution in [-0.2, 0) is 4.79 Å². The second kappa shape index (κ2) is 7.22. The minimum Gasteiger partial charge on any atom is -0.497 e. The zero-order chi connectivity index (χ0) is 17.8. The van der Waals surface area contributed by atoms with Gasteiger partial charge < -0.3 is 9.47 Å². The molecule has 1 aliphatic rings. The summed E-state index contributed by atoms with van der Waals surface area (Å²) in [4.78, 5) is 10.9. The van der Waals surface area contributed by atoms with Crippen LogP contribution in [-0.4, -0.2) is 13.4 Å². The van der Waals surface area contributed by atoms with Crippen molar-refractivity contribution in [2.24, 2.45) is 0 Å². The van der Waals surface area contributed by atoms with E-state index in [9.17, 15) is 4.79 Å². The summed E-state index contributed by atoms with van der Waals surface area (Å²) in [7, 11) is 1.66. The van der Waals surface area contributed by atoms with Crippen molar-refractivity contribution in [1.82, 2.24) is 0 Å². The molecule has 1 heterocycles. The normalized spacial score (nSPS) is 15.2. The summed E-state index contributed by atoms with van der Waals surface area (Å²) in [5, 5.41) is 0. The molecule has 3 rings (SSSR count). The maximum Gasteiger partial charge on any atom is 0.142 e. The maximum absolute atomic E-state index is 10.9. The Bertz CT molecular complexity index is 901. The molecule has 25 heavy (non-hydrogen) atoms.